The van der Waals surface area contributed by atoms with Crippen LogP contribution in [0.3, 0.4) is 0 Å². The lowest BCUT2D eigenvalue weighted by Crippen LogP contribution is -2.31. The van der Waals surface area contributed by atoms with Crippen molar-refractivity contribution in [2.75, 3.05) is 25.6 Å². The van der Waals surface area contributed by atoms with Crippen LogP contribution in [0.1, 0.15) is 32.7 Å². The maximum atomic E-state index is 12.3. The molecule has 0 aromatic heterocycles. The van der Waals surface area contributed by atoms with E-state index in [1.165, 1.54) is 7.11 Å². The van der Waals surface area contributed by atoms with Crippen molar-refractivity contribution in [1.82, 2.24) is 5.32 Å². The van der Waals surface area contributed by atoms with Crippen LogP contribution >= 0.6 is 0 Å². The molecule has 1 heterocycles. The summed E-state index contributed by atoms with van der Waals surface area (Å²) < 4.78 is 9.97. The Balaban J connectivity index is 1.47. The number of benzene rings is 2. The minimum absolute atomic E-state index is 0.0535. The molecule has 8 heteroatoms. The molecule has 0 fully saturated rings. The first-order valence-corrected chi connectivity index (χ1v) is 9.00. The normalized spacial score (nSPS) is 12.4. The molecule has 0 bridgehead atoms. The molecule has 0 radical (unpaired) electrons. The van der Waals surface area contributed by atoms with Crippen molar-refractivity contribution in [3.63, 3.8) is 0 Å². The van der Waals surface area contributed by atoms with Crippen molar-refractivity contribution in [1.29, 1.82) is 0 Å². The fourth-order valence-corrected chi connectivity index (χ4v) is 2.83. The first-order chi connectivity index (χ1) is 14.0. The number of hydrogen-bond acceptors (Lipinski definition) is 6. The molecule has 29 heavy (non-hydrogen) atoms. The van der Waals surface area contributed by atoms with Crippen LogP contribution in [-0.2, 0) is 20.7 Å². The Morgan fingerprint density at radius 2 is 1.76 bits per heavy atom. The largest absolute Gasteiger partial charge is 0.497 e. The molecule has 0 saturated carbocycles. The third kappa shape index (κ3) is 5.19. The van der Waals surface area contributed by atoms with E-state index < -0.39 is 18.5 Å². The van der Waals surface area contributed by atoms with Gasteiger partial charge < -0.3 is 20.1 Å². The number of aryl methyl sites for hydroxylation is 1. The Morgan fingerprint density at radius 3 is 2.48 bits per heavy atom. The third-order valence-corrected chi connectivity index (χ3v) is 4.43. The number of rotatable bonds is 7. The van der Waals surface area contributed by atoms with Crippen molar-refractivity contribution in [2.24, 2.45) is 0 Å². The number of Topliss-reactive ketones (excluding diaryl/α,β-unsaturated/α-hetero) is 1. The highest BCUT2D eigenvalue weighted by atomic mass is 16.5. The Bertz CT molecular complexity index is 952. The second kappa shape index (κ2) is 9.01. The fraction of sp³-hybridized carbons (Fsp3) is 0.238. The first kappa shape index (κ1) is 20.1. The number of nitrogens with one attached hydrogen (secondary N) is 2. The topological polar surface area (TPSA) is 111 Å². The Kier molecular flexibility index (Phi) is 6.23. The van der Waals surface area contributed by atoms with E-state index in [4.69, 9.17) is 9.47 Å². The molecule has 0 aliphatic carbocycles. The van der Waals surface area contributed by atoms with Gasteiger partial charge in [-0.05, 0) is 54.4 Å². The van der Waals surface area contributed by atoms with Crippen LogP contribution in [0.15, 0.2) is 42.5 Å². The molecule has 1 aliphatic rings. The molecule has 2 aromatic rings. The molecule has 8 nitrogen and oxygen atoms in total. The van der Waals surface area contributed by atoms with Gasteiger partial charge in [0.05, 0.1) is 7.11 Å². The highest BCUT2D eigenvalue weighted by Gasteiger charge is 2.17. The molecule has 0 unspecified atom stereocenters. The van der Waals surface area contributed by atoms with Crippen LogP contribution in [0.4, 0.5) is 5.69 Å². The van der Waals surface area contributed by atoms with Crippen molar-refractivity contribution >= 4 is 29.3 Å². The summed E-state index contributed by atoms with van der Waals surface area (Å²) >= 11 is 0. The minimum Gasteiger partial charge on any atom is -0.497 e. The van der Waals surface area contributed by atoms with Crippen LogP contribution < -0.4 is 15.4 Å². The van der Waals surface area contributed by atoms with Crippen molar-refractivity contribution in [2.45, 2.75) is 12.8 Å². The quantitative estimate of drug-likeness (QED) is 0.545. The first-order valence-electron chi connectivity index (χ1n) is 9.00. The molecule has 2 aromatic carbocycles. The average Bonchev–Trinajstić information content (AvgIpc) is 2.75. The number of anilines is 1. The molecule has 1 aliphatic heterocycles. The van der Waals surface area contributed by atoms with E-state index in [1.54, 1.807) is 42.5 Å². The molecule has 0 atom stereocenters. The molecule has 0 saturated heterocycles. The fourth-order valence-electron chi connectivity index (χ4n) is 2.83. The summed E-state index contributed by atoms with van der Waals surface area (Å²) in [6.45, 7) is -0.781. The SMILES string of the molecule is COc1ccc(C(=O)NCC(=O)OCC(=O)c2ccc3c(c2)CCC(=O)N3)cc1. The van der Waals surface area contributed by atoms with E-state index in [1.807, 2.05) is 0 Å². The van der Waals surface area contributed by atoms with E-state index in [0.29, 0.717) is 35.4 Å². The Hall–Kier alpha value is -3.68. The van der Waals surface area contributed by atoms with Gasteiger partial charge in [-0.25, -0.2) is 0 Å². The van der Waals surface area contributed by atoms with Gasteiger partial charge in [0.2, 0.25) is 5.91 Å². The standard InChI is InChI=1S/C21H20N2O6/c1-28-16-6-2-13(3-7-16)21(27)22-11-20(26)29-12-18(24)15-4-8-17-14(10-15)5-9-19(25)23-17/h2-4,6-8,10H,5,9,11-12H2,1H3,(H,22,27)(H,23,25). The molecule has 3 rings (SSSR count). The lowest BCUT2D eigenvalue weighted by Gasteiger charge is -2.17. The van der Waals surface area contributed by atoms with Crippen LogP contribution in [0.5, 0.6) is 5.75 Å². The summed E-state index contributed by atoms with van der Waals surface area (Å²) in [6, 6.07) is 11.3. The lowest BCUT2D eigenvalue weighted by atomic mass is 9.99. The number of hydrogen-bond donors (Lipinski definition) is 2. The highest BCUT2D eigenvalue weighted by Crippen LogP contribution is 2.23. The van der Waals surface area contributed by atoms with E-state index >= 15 is 0 Å². The van der Waals surface area contributed by atoms with Gasteiger partial charge in [-0.1, -0.05) is 0 Å². The zero-order valence-corrected chi connectivity index (χ0v) is 15.8. The maximum absolute atomic E-state index is 12.3. The van der Waals surface area contributed by atoms with Gasteiger partial charge >= 0.3 is 5.97 Å². The lowest BCUT2D eigenvalue weighted by molar-refractivity contribution is -0.141. The van der Waals surface area contributed by atoms with Gasteiger partial charge in [-0.3, -0.25) is 19.2 Å². The van der Waals surface area contributed by atoms with E-state index in [-0.39, 0.29) is 18.2 Å². The number of ketones is 1. The van der Waals surface area contributed by atoms with E-state index in [2.05, 4.69) is 10.6 Å². The number of carbonyl (C=O) groups excluding carboxylic acids is 4. The molecule has 2 N–H and O–H groups in total. The summed E-state index contributed by atoms with van der Waals surface area (Å²) in [5, 5.41) is 5.18. The number of esters is 1. The third-order valence-electron chi connectivity index (χ3n) is 4.43. The van der Waals surface area contributed by atoms with Crippen molar-refractivity contribution < 1.29 is 28.7 Å². The van der Waals surface area contributed by atoms with Crippen LogP contribution in [0, 0.1) is 0 Å². The van der Waals surface area contributed by atoms with Crippen molar-refractivity contribution in [3.05, 3.63) is 59.2 Å². The molecule has 0 spiro atoms. The summed E-state index contributed by atoms with van der Waals surface area (Å²) in [6.07, 6.45) is 0.924. The summed E-state index contributed by atoms with van der Waals surface area (Å²) in [7, 11) is 1.52. The molecular weight excluding hydrogens is 376 g/mol. The highest BCUT2D eigenvalue weighted by molar-refractivity contribution is 6.00. The zero-order valence-electron chi connectivity index (χ0n) is 15.8. The number of fused-ring (bicyclic) bond motifs is 1. The van der Waals surface area contributed by atoms with E-state index in [0.717, 1.165) is 5.56 Å². The number of methoxy groups -OCH3 is 1. The summed E-state index contributed by atoms with van der Waals surface area (Å²) in [5.41, 5.74) is 2.33. The predicted molar refractivity (Wildman–Crippen MR) is 104 cm³/mol. The van der Waals surface area contributed by atoms with Crippen LogP contribution in [-0.4, -0.2) is 43.8 Å². The van der Waals surface area contributed by atoms with Gasteiger partial charge in [-0.15, -0.1) is 0 Å². The van der Waals surface area contributed by atoms with Gasteiger partial charge in [-0.2, -0.15) is 0 Å². The number of ether oxygens (including phenoxy) is 2. The number of amides is 2. The zero-order chi connectivity index (χ0) is 20.8. The van der Waals surface area contributed by atoms with E-state index in [9.17, 15) is 19.2 Å². The summed E-state index contributed by atoms with van der Waals surface area (Å²) in [4.78, 5) is 47.5. The van der Waals surface area contributed by atoms with Crippen LogP contribution in [0.25, 0.3) is 0 Å². The second-order valence-corrected chi connectivity index (χ2v) is 6.42. The van der Waals surface area contributed by atoms with Gasteiger partial charge in [0, 0.05) is 23.2 Å². The van der Waals surface area contributed by atoms with Crippen molar-refractivity contribution in [3.8, 4) is 5.75 Å². The molecule has 2 amide bonds. The van der Waals surface area contributed by atoms with Gasteiger partial charge in [0.1, 0.15) is 12.3 Å². The Morgan fingerprint density at radius 1 is 1.03 bits per heavy atom. The summed E-state index contributed by atoms with van der Waals surface area (Å²) in [5.74, 6) is -0.955. The number of carbonyl (C=O) groups is 4. The monoisotopic (exact) mass is 396 g/mol. The smallest absolute Gasteiger partial charge is 0.325 e. The molecular formula is C21H20N2O6. The molecule has 150 valence electrons. The predicted octanol–water partition coefficient (Wildman–Crippen LogP) is 1.74. The Labute approximate surface area is 167 Å². The average molecular weight is 396 g/mol. The van der Waals surface area contributed by atoms with Gasteiger partial charge in [0.25, 0.3) is 5.91 Å². The van der Waals surface area contributed by atoms with Crippen LogP contribution in [0.2, 0.25) is 0 Å². The minimum atomic E-state index is -0.717. The maximum Gasteiger partial charge on any atom is 0.325 e. The van der Waals surface area contributed by atoms with Gasteiger partial charge in [0.15, 0.2) is 12.4 Å². The second-order valence-electron chi connectivity index (χ2n) is 6.42.